The fourth-order valence-corrected chi connectivity index (χ4v) is 3.12. The maximum Gasteiger partial charge on any atom is 0.133 e. The van der Waals surface area contributed by atoms with Gasteiger partial charge >= 0.3 is 0 Å². The summed E-state index contributed by atoms with van der Waals surface area (Å²) in [5.74, 6) is 0.927. The molecule has 2 aromatic carbocycles. The number of imidazole rings is 1. The van der Waals surface area contributed by atoms with Crippen molar-refractivity contribution < 1.29 is 0 Å². The molecule has 0 aliphatic rings. The Balaban J connectivity index is 2.03. The first-order valence-corrected chi connectivity index (χ1v) is 8.53. The lowest BCUT2D eigenvalue weighted by molar-refractivity contribution is 0.641. The van der Waals surface area contributed by atoms with Crippen molar-refractivity contribution in [1.29, 1.82) is 0 Å². The number of benzene rings is 2. The van der Waals surface area contributed by atoms with E-state index in [2.05, 4.69) is 17.6 Å². The Kier molecular flexibility index (Phi) is 5.04. The highest BCUT2D eigenvalue weighted by atomic mass is 35.5. The fraction of sp³-hybridized carbons (Fsp3) is 0.211. The van der Waals surface area contributed by atoms with Crippen molar-refractivity contribution in [2.24, 2.45) is 0 Å². The third-order valence-corrected chi connectivity index (χ3v) is 4.48. The molecule has 3 rings (SSSR count). The van der Waals surface area contributed by atoms with Gasteiger partial charge in [-0.25, -0.2) is 4.98 Å². The SMILES string of the molecule is CCCCn1c(/C=C/c2c(Cl)cccc2Cl)nc2ccccc21. The molecule has 2 nitrogen and oxygen atoms in total. The monoisotopic (exact) mass is 344 g/mol. The minimum Gasteiger partial charge on any atom is -0.324 e. The molecule has 0 radical (unpaired) electrons. The van der Waals surface area contributed by atoms with Crippen LogP contribution >= 0.6 is 23.2 Å². The van der Waals surface area contributed by atoms with Crippen LogP contribution in [0.3, 0.4) is 0 Å². The fourth-order valence-electron chi connectivity index (χ4n) is 2.60. The zero-order chi connectivity index (χ0) is 16.2. The molecule has 0 bridgehead atoms. The maximum atomic E-state index is 6.23. The summed E-state index contributed by atoms with van der Waals surface area (Å²) >= 11 is 12.5. The van der Waals surface area contributed by atoms with Gasteiger partial charge in [0.1, 0.15) is 5.82 Å². The van der Waals surface area contributed by atoms with Crippen LogP contribution in [0, 0.1) is 0 Å². The summed E-state index contributed by atoms with van der Waals surface area (Å²) in [6.07, 6.45) is 6.19. The maximum absolute atomic E-state index is 6.23. The minimum atomic E-state index is 0.643. The summed E-state index contributed by atoms with van der Waals surface area (Å²) in [6.45, 7) is 3.14. The summed E-state index contributed by atoms with van der Waals surface area (Å²) in [6, 6.07) is 13.7. The minimum absolute atomic E-state index is 0.643. The lowest BCUT2D eigenvalue weighted by Crippen LogP contribution is -2.00. The van der Waals surface area contributed by atoms with Crippen LogP contribution in [0.15, 0.2) is 42.5 Å². The molecule has 0 amide bonds. The number of aromatic nitrogens is 2. The first kappa shape index (κ1) is 16.1. The average Bonchev–Trinajstić information content (AvgIpc) is 2.90. The van der Waals surface area contributed by atoms with Crippen LogP contribution in [0.4, 0.5) is 0 Å². The van der Waals surface area contributed by atoms with E-state index in [1.54, 1.807) is 0 Å². The molecule has 23 heavy (non-hydrogen) atoms. The first-order chi connectivity index (χ1) is 11.2. The molecule has 0 aliphatic carbocycles. The van der Waals surface area contributed by atoms with E-state index in [9.17, 15) is 0 Å². The van der Waals surface area contributed by atoms with Crippen molar-refractivity contribution in [2.45, 2.75) is 26.3 Å². The van der Waals surface area contributed by atoms with Gasteiger partial charge < -0.3 is 4.57 Å². The normalized spacial score (nSPS) is 11.6. The molecule has 0 saturated heterocycles. The molecule has 0 aliphatic heterocycles. The molecule has 1 heterocycles. The number of hydrogen-bond donors (Lipinski definition) is 0. The van der Waals surface area contributed by atoms with Gasteiger partial charge in [0.2, 0.25) is 0 Å². The van der Waals surface area contributed by atoms with Crippen LogP contribution in [0.2, 0.25) is 10.0 Å². The topological polar surface area (TPSA) is 17.8 Å². The van der Waals surface area contributed by atoms with Crippen molar-refractivity contribution >= 4 is 46.4 Å². The molecule has 4 heteroatoms. The van der Waals surface area contributed by atoms with E-state index in [4.69, 9.17) is 28.2 Å². The predicted octanol–water partition coefficient (Wildman–Crippen LogP) is 6.31. The quantitative estimate of drug-likeness (QED) is 0.529. The van der Waals surface area contributed by atoms with Crippen molar-refractivity contribution in [3.8, 4) is 0 Å². The van der Waals surface area contributed by atoms with Gasteiger partial charge in [-0.3, -0.25) is 0 Å². The number of aryl methyl sites for hydroxylation is 1. The Morgan fingerprint density at radius 1 is 1.00 bits per heavy atom. The lowest BCUT2D eigenvalue weighted by atomic mass is 10.2. The molecule has 0 unspecified atom stereocenters. The van der Waals surface area contributed by atoms with Crippen LogP contribution in [-0.4, -0.2) is 9.55 Å². The zero-order valence-corrected chi connectivity index (χ0v) is 14.5. The smallest absolute Gasteiger partial charge is 0.133 e. The van der Waals surface area contributed by atoms with Crippen molar-refractivity contribution in [1.82, 2.24) is 9.55 Å². The molecule has 0 fully saturated rings. The average molecular weight is 345 g/mol. The Hall–Kier alpha value is -1.77. The summed E-state index contributed by atoms with van der Waals surface area (Å²) < 4.78 is 2.25. The number of rotatable bonds is 5. The van der Waals surface area contributed by atoms with Crippen LogP contribution in [0.5, 0.6) is 0 Å². The summed E-state index contributed by atoms with van der Waals surface area (Å²) in [4.78, 5) is 4.73. The second-order valence-electron chi connectivity index (χ2n) is 5.43. The van der Waals surface area contributed by atoms with Gasteiger partial charge in [-0.05, 0) is 42.8 Å². The largest absolute Gasteiger partial charge is 0.324 e. The number of fused-ring (bicyclic) bond motifs is 1. The summed E-state index contributed by atoms with van der Waals surface area (Å²) in [7, 11) is 0. The van der Waals surface area contributed by atoms with E-state index in [1.165, 1.54) is 0 Å². The van der Waals surface area contributed by atoms with Gasteiger partial charge in [0.15, 0.2) is 0 Å². The summed E-state index contributed by atoms with van der Waals surface area (Å²) in [5, 5.41) is 1.29. The van der Waals surface area contributed by atoms with Gasteiger partial charge in [0.05, 0.1) is 11.0 Å². The van der Waals surface area contributed by atoms with Crippen molar-refractivity contribution in [2.75, 3.05) is 0 Å². The number of hydrogen-bond acceptors (Lipinski definition) is 1. The molecular formula is C19H18Cl2N2. The molecule has 0 N–H and O–H groups in total. The van der Waals surface area contributed by atoms with E-state index in [0.717, 1.165) is 41.8 Å². The second-order valence-corrected chi connectivity index (χ2v) is 6.25. The number of unbranched alkanes of at least 4 members (excludes halogenated alkanes) is 1. The molecule has 0 atom stereocenters. The Morgan fingerprint density at radius 2 is 1.74 bits per heavy atom. The standard InChI is InChI=1S/C19H18Cl2N2/c1-2-3-13-23-18-10-5-4-9-17(18)22-19(23)12-11-14-15(20)7-6-8-16(14)21/h4-12H,2-3,13H2,1H3/b12-11+. The molecule has 1 aromatic heterocycles. The van der Waals surface area contributed by atoms with E-state index in [-0.39, 0.29) is 0 Å². The first-order valence-electron chi connectivity index (χ1n) is 7.78. The lowest BCUT2D eigenvalue weighted by Gasteiger charge is -2.06. The van der Waals surface area contributed by atoms with Gasteiger partial charge in [-0.2, -0.15) is 0 Å². The van der Waals surface area contributed by atoms with E-state index < -0.39 is 0 Å². The van der Waals surface area contributed by atoms with Crippen LogP contribution < -0.4 is 0 Å². The molecule has 3 aromatic rings. The third-order valence-electron chi connectivity index (χ3n) is 3.82. The van der Waals surface area contributed by atoms with Gasteiger partial charge in [0.25, 0.3) is 0 Å². The van der Waals surface area contributed by atoms with Crippen LogP contribution in [0.1, 0.15) is 31.2 Å². The molecule has 0 saturated carbocycles. The highest BCUT2D eigenvalue weighted by Crippen LogP contribution is 2.27. The van der Waals surface area contributed by atoms with E-state index >= 15 is 0 Å². The zero-order valence-electron chi connectivity index (χ0n) is 13.0. The Bertz CT molecular complexity index is 829. The highest BCUT2D eigenvalue weighted by molar-refractivity contribution is 6.37. The number of para-hydroxylation sites is 2. The molecular weight excluding hydrogens is 327 g/mol. The molecule has 0 spiro atoms. The van der Waals surface area contributed by atoms with Gasteiger partial charge in [-0.1, -0.05) is 54.7 Å². The third kappa shape index (κ3) is 3.44. The molecule has 118 valence electrons. The number of halogens is 2. The Morgan fingerprint density at radius 3 is 2.48 bits per heavy atom. The Labute approximate surface area is 146 Å². The van der Waals surface area contributed by atoms with E-state index in [0.29, 0.717) is 10.0 Å². The van der Waals surface area contributed by atoms with Crippen LogP contribution in [-0.2, 0) is 6.54 Å². The van der Waals surface area contributed by atoms with Crippen molar-refractivity contribution in [3.63, 3.8) is 0 Å². The summed E-state index contributed by atoms with van der Waals surface area (Å²) in [5.41, 5.74) is 2.99. The van der Waals surface area contributed by atoms with Gasteiger partial charge in [0, 0.05) is 22.2 Å². The van der Waals surface area contributed by atoms with Crippen molar-refractivity contribution in [3.05, 3.63) is 63.9 Å². The second kappa shape index (κ2) is 7.20. The van der Waals surface area contributed by atoms with Gasteiger partial charge in [-0.15, -0.1) is 0 Å². The van der Waals surface area contributed by atoms with Crippen LogP contribution in [0.25, 0.3) is 23.2 Å². The predicted molar refractivity (Wildman–Crippen MR) is 100 cm³/mol. The van der Waals surface area contributed by atoms with E-state index in [1.807, 2.05) is 48.6 Å². The highest BCUT2D eigenvalue weighted by Gasteiger charge is 2.08. The number of nitrogens with zero attached hydrogens (tertiary/aromatic N) is 2.